The van der Waals surface area contributed by atoms with Gasteiger partial charge >= 0.3 is 0 Å². The molecule has 48 valence electrons. The summed E-state index contributed by atoms with van der Waals surface area (Å²) in [7, 11) is 1.77. The van der Waals surface area contributed by atoms with E-state index in [2.05, 4.69) is 19.2 Å². The third-order valence-corrected chi connectivity index (χ3v) is 1.12. The van der Waals surface area contributed by atoms with Crippen molar-refractivity contribution in [3.63, 3.8) is 0 Å². The van der Waals surface area contributed by atoms with E-state index in [4.69, 9.17) is 5.84 Å². The minimum atomic E-state index is 0.806. The van der Waals surface area contributed by atoms with Gasteiger partial charge in [-0.15, -0.1) is 0 Å². The third-order valence-electron chi connectivity index (χ3n) is 0.899. The molecule has 0 aromatic rings. The molecule has 0 saturated heterocycles. The van der Waals surface area contributed by atoms with Gasteiger partial charge < -0.3 is 5.01 Å². The van der Waals surface area contributed by atoms with E-state index < -0.39 is 0 Å². The minimum absolute atomic E-state index is 0.806. The number of nitrogens with two attached hydrogens (primary N) is 1. The van der Waals surface area contributed by atoms with Crippen molar-refractivity contribution in [3.8, 4) is 0 Å². The molecule has 0 atom stereocenters. The quantitative estimate of drug-likeness (QED) is 0.335. The van der Waals surface area contributed by atoms with Gasteiger partial charge in [-0.05, 0) is 12.2 Å². The lowest BCUT2D eigenvalue weighted by atomic mass is 10.4. The van der Waals surface area contributed by atoms with Crippen molar-refractivity contribution < 1.29 is 0 Å². The molecule has 8 heavy (non-hydrogen) atoms. The molecular weight excluding hydrogens is 120 g/mol. The Morgan fingerprint density at radius 2 is 2.38 bits per heavy atom. The van der Waals surface area contributed by atoms with Crippen molar-refractivity contribution in [2.24, 2.45) is 5.84 Å². The molecule has 0 spiro atoms. The van der Waals surface area contributed by atoms with Crippen LogP contribution in [0.2, 0.25) is 0 Å². The molecule has 2 nitrogen and oxygen atoms in total. The maximum Gasteiger partial charge on any atom is 0.0225 e. The summed E-state index contributed by atoms with van der Waals surface area (Å²) in [6.07, 6.45) is 0.857. The van der Waals surface area contributed by atoms with Crippen LogP contribution in [0.4, 0.5) is 0 Å². The standard InChI is InChI=1S/C5H12N2S/c1-5(3-4-8)7(2)6/h8H,1,3-4,6H2,2H3. The Kier molecular flexibility index (Phi) is 3.73. The van der Waals surface area contributed by atoms with Crippen LogP contribution in [0.5, 0.6) is 0 Å². The Labute approximate surface area is 55.7 Å². The fourth-order valence-electron chi connectivity index (χ4n) is 0.305. The fraction of sp³-hybridized carbons (Fsp3) is 0.600. The highest BCUT2D eigenvalue weighted by Gasteiger charge is 1.91. The molecule has 0 aromatic heterocycles. The second kappa shape index (κ2) is 3.80. The van der Waals surface area contributed by atoms with Crippen LogP contribution in [0.25, 0.3) is 0 Å². The number of rotatable bonds is 3. The number of hydrazine groups is 1. The van der Waals surface area contributed by atoms with Crippen molar-refractivity contribution in [1.29, 1.82) is 0 Å². The van der Waals surface area contributed by atoms with Gasteiger partial charge in [0.25, 0.3) is 0 Å². The second-order valence-corrected chi connectivity index (χ2v) is 2.10. The highest BCUT2D eigenvalue weighted by atomic mass is 32.1. The first-order chi connectivity index (χ1) is 3.68. The molecule has 3 heteroatoms. The van der Waals surface area contributed by atoms with Gasteiger partial charge in [-0.25, -0.2) is 5.84 Å². The number of hydrogen-bond donors (Lipinski definition) is 2. The Morgan fingerprint density at radius 1 is 1.88 bits per heavy atom. The monoisotopic (exact) mass is 132 g/mol. The number of allylic oxidation sites excluding steroid dienone is 1. The number of hydrogen-bond acceptors (Lipinski definition) is 3. The zero-order valence-electron chi connectivity index (χ0n) is 5.09. The van der Waals surface area contributed by atoms with Gasteiger partial charge in [-0.3, -0.25) is 0 Å². The third kappa shape index (κ3) is 2.93. The Balaban J connectivity index is 3.33. The van der Waals surface area contributed by atoms with E-state index in [1.54, 1.807) is 7.05 Å². The molecule has 0 aliphatic rings. The highest BCUT2D eigenvalue weighted by molar-refractivity contribution is 7.80. The van der Waals surface area contributed by atoms with Crippen molar-refractivity contribution in [2.45, 2.75) is 6.42 Å². The van der Waals surface area contributed by atoms with Crippen LogP contribution in [-0.4, -0.2) is 17.8 Å². The molecule has 0 rings (SSSR count). The Bertz CT molecular complexity index is 80.5. The van der Waals surface area contributed by atoms with Crippen molar-refractivity contribution in [1.82, 2.24) is 5.01 Å². The first-order valence-corrected chi connectivity index (χ1v) is 3.08. The van der Waals surface area contributed by atoms with Crippen LogP contribution in [0.3, 0.4) is 0 Å². The van der Waals surface area contributed by atoms with Gasteiger partial charge in [0.05, 0.1) is 0 Å². The van der Waals surface area contributed by atoms with Gasteiger partial charge in [0, 0.05) is 12.7 Å². The van der Waals surface area contributed by atoms with Crippen LogP contribution < -0.4 is 5.84 Å². The average molecular weight is 132 g/mol. The smallest absolute Gasteiger partial charge is 0.0225 e. The first-order valence-electron chi connectivity index (χ1n) is 2.45. The average Bonchev–Trinajstić information content (AvgIpc) is 1.67. The second-order valence-electron chi connectivity index (χ2n) is 1.65. The SMILES string of the molecule is C=C(CCS)N(C)N. The molecule has 0 aromatic carbocycles. The van der Waals surface area contributed by atoms with E-state index in [0.29, 0.717) is 0 Å². The van der Waals surface area contributed by atoms with Gasteiger partial charge in [-0.1, -0.05) is 6.58 Å². The van der Waals surface area contributed by atoms with Crippen molar-refractivity contribution >= 4 is 12.6 Å². The topological polar surface area (TPSA) is 29.3 Å². The predicted octanol–water partition coefficient (Wildman–Crippen LogP) is 0.626. The van der Waals surface area contributed by atoms with E-state index in [1.165, 1.54) is 5.01 Å². The maximum atomic E-state index is 5.32. The number of nitrogens with zero attached hydrogens (tertiary/aromatic N) is 1. The molecule has 0 amide bonds. The van der Waals surface area contributed by atoms with Gasteiger partial charge in [-0.2, -0.15) is 12.6 Å². The molecule has 0 aliphatic heterocycles. The van der Waals surface area contributed by atoms with Crippen LogP contribution >= 0.6 is 12.6 Å². The van der Waals surface area contributed by atoms with Crippen molar-refractivity contribution in [3.05, 3.63) is 12.3 Å². The zero-order valence-corrected chi connectivity index (χ0v) is 5.99. The lowest BCUT2D eigenvalue weighted by molar-refractivity contribution is 0.430. The summed E-state index contributed by atoms with van der Waals surface area (Å²) in [4.78, 5) is 0. The van der Waals surface area contributed by atoms with Crippen LogP contribution in [0.15, 0.2) is 12.3 Å². The fourth-order valence-corrected chi connectivity index (χ4v) is 0.564. The molecule has 0 aliphatic carbocycles. The summed E-state index contributed by atoms with van der Waals surface area (Å²) in [5, 5.41) is 1.51. The summed E-state index contributed by atoms with van der Waals surface area (Å²) >= 11 is 4.01. The van der Waals surface area contributed by atoms with E-state index in [9.17, 15) is 0 Å². The summed E-state index contributed by atoms with van der Waals surface area (Å²) in [5.41, 5.74) is 0.917. The van der Waals surface area contributed by atoms with Crippen LogP contribution in [0, 0.1) is 0 Å². The summed E-state index contributed by atoms with van der Waals surface area (Å²) < 4.78 is 0. The van der Waals surface area contributed by atoms with Gasteiger partial charge in [0.15, 0.2) is 0 Å². The molecule has 0 unspecified atom stereocenters. The van der Waals surface area contributed by atoms with E-state index >= 15 is 0 Å². The number of thiol groups is 1. The Morgan fingerprint density at radius 3 is 2.50 bits per heavy atom. The van der Waals surface area contributed by atoms with Gasteiger partial charge in [0.1, 0.15) is 0 Å². The minimum Gasteiger partial charge on any atom is -0.319 e. The lowest BCUT2D eigenvalue weighted by Crippen LogP contribution is -2.24. The zero-order chi connectivity index (χ0) is 6.57. The first kappa shape index (κ1) is 7.85. The molecule has 0 saturated carbocycles. The van der Waals surface area contributed by atoms with Gasteiger partial charge in [0.2, 0.25) is 0 Å². The summed E-state index contributed by atoms with van der Waals surface area (Å²) in [6.45, 7) is 3.70. The Hall–Kier alpha value is -0.150. The van der Waals surface area contributed by atoms with Crippen LogP contribution in [0.1, 0.15) is 6.42 Å². The lowest BCUT2D eigenvalue weighted by Gasteiger charge is -2.12. The molecule has 0 radical (unpaired) electrons. The highest BCUT2D eigenvalue weighted by Crippen LogP contribution is 1.98. The van der Waals surface area contributed by atoms with E-state index in [0.717, 1.165) is 17.9 Å². The van der Waals surface area contributed by atoms with Crippen LogP contribution in [-0.2, 0) is 0 Å². The summed E-state index contributed by atoms with van der Waals surface area (Å²) in [6, 6.07) is 0. The summed E-state index contributed by atoms with van der Waals surface area (Å²) in [5.74, 6) is 6.13. The normalized spacial score (nSPS) is 8.88. The largest absolute Gasteiger partial charge is 0.319 e. The molecular formula is C5H12N2S. The molecule has 0 bridgehead atoms. The molecule has 2 N–H and O–H groups in total. The molecule has 0 fully saturated rings. The predicted molar refractivity (Wildman–Crippen MR) is 39.6 cm³/mol. The van der Waals surface area contributed by atoms with E-state index in [1.807, 2.05) is 0 Å². The van der Waals surface area contributed by atoms with E-state index in [-0.39, 0.29) is 0 Å². The van der Waals surface area contributed by atoms with Crippen molar-refractivity contribution in [2.75, 3.05) is 12.8 Å². The molecule has 0 heterocycles. The maximum absolute atomic E-state index is 5.32.